The van der Waals surface area contributed by atoms with Crippen LogP contribution in [0.5, 0.6) is 0 Å². The Morgan fingerprint density at radius 3 is 2.21 bits per heavy atom. The monoisotopic (exact) mass is 201 g/mol. The van der Waals surface area contributed by atoms with Gasteiger partial charge in [-0.05, 0) is 5.53 Å². The van der Waals surface area contributed by atoms with Gasteiger partial charge in [0.1, 0.15) is 17.5 Å². The Hall–Kier alpha value is -1.68. The minimum atomic E-state index is -1.05. The molecular weight excluding hydrogens is 195 g/mol. The molecule has 0 saturated heterocycles. The molecule has 0 saturated carbocycles. The van der Waals surface area contributed by atoms with E-state index in [9.17, 15) is 13.2 Å². The van der Waals surface area contributed by atoms with Gasteiger partial charge in [-0.1, -0.05) is 12.0 Å². The van der Waals surface area contributed by atoms with Gasteiger partial charge in [-0.25, -0.2) is 13.2 Å². The van der Waals surface area contributed by atoms with Crippen LogP contribution in [0.2, 0.25) is 0 Å². The third-order valence-corrected chi connectivity index (χ3v) is 1.69. The van der Waals surface area contributed by atoms with Crippen LogP contribution in [0, 0.1) is 17.5 Å². The predicted octanol–water partition coefficient (Wildman–Crippen LogP) is 3.48. The van der Waals surface area contributed by atoms with Crippen LogP contribution >= 0.6 is 0 Å². The second-order valence-corrected chi connectivity index (χ2v) is 2.66. The van der Waals surface area contributed by atoms with Crippen LogP contribution in [-0.2, 0) is 0 Å². The van der Waals surface area contributed by atoms with Crippen LogP contribution in [0.1, 0.15) is 18.5 Å². The lowest BCUT2D eigenvalue weighted by atomic mass is 10.1. The Morgan fingerprint density at radius 1 is 1.29 bits per heavy atom. The number of nitrogens with zero attached hydrogens (tertiary/aromatic N) is 3. The van der Waals surface area contributed by atoms with Crippen LogP contribution in [0.4, 0.5) is 13.2 Å². The number of hydrogen-bond donors (Lipinski definition) is 0. The van der Waals surface area contributed by atoms with Crippen molar-refractivity contribution >= 4 is 0 Å². The molecule has 1 aromatic rings. The Labute approximate surface area is 77.8 Å². The van der Waals surface area contributed by atoms with Crippen molar-refractivity contribution in [1.82, 2.24) is 0 Å². The van der Waals surface area contributed by atoms with Crippen molar-refractivity contribution in [3.63, 3.8) is 0 Å². The van der Waals surface area contributed by atoms with Gasteiger partial charge >= 0.3 is 0 Å². The first-order chi connectivity index (χ1) is 6.56. The van der Waals surface area contributed by atoms with Gasteiger partial charge in [0.05, 0.1) is 6.04 Å². The summed E-state index contributed by atoms with van der Waals surface area (Å²) in [6.07, 6.45) is 0. The summed E-state index contributed by atoms with van der Waals surface area (Å²) < 4.78 is 38.5. The fourth-order valence-corrected chi connectivity index (χ4v) is 1.09. The second-order valence-electron chi connectivity index (χ2n) is 2.66. The molecule has 0 radical (unpaired) electrons. The van der Waals surface area contributed by atoms with Gasteiger partial charge in [-0.15, -0.1) is 0 Å². The van der Waals surface area contributed by atoms with Crippen LogP contribution in [0.15, 0.2) is 17.2 Å². The first-order valence-electron chi connectivity index (χ1n) is 3.75. The molecule has 0 spiro atoms. The highest BCUT2D eigenvalue weighted by atomic mass is 19.1. The van der Waals surface area contributed by atoms with Crippen molar-refractivity contribution in [3.05, 3.63) is 45.6 Å². The van der Waals surface area contributed by atoms with Gasteiger partial charge < -0.3 is 0 Å². The van der Waals surface area contributed by atoms with Crippen LogP contribution in [0.3, 0.4) is 0 Å². The number of hydrogen-bond acceptors (Lipinski definition) is 1. The van der Waals surface area contributed by atoms with Crippen molar-refractivity contribution in [2.45, 2.75) is 13.0 Å². The lowest BCUT2D eigenvalue weighted by Crippen LogP contribution is -1.99. The summed E-state index contributed by atoms with van der Waals surface area (Å²) in [5.74, 6) is -3.11. The molecular formula is C8H6F3N3. The molecule has 1 atom stereocenters. The average Bonchev–Trinajstić information content (AvgIpc) is 2.01. The molecule has 6 heteroatoms. The minimum absolute atomic E-state index is 0.427. The molecule has 74 valence electrons. The molecule has 0 unspecified atom stereocenters. The van der Waals surface area contributed by atoms with Crippen molar-refractivity contribution < 1.29 is 13.2 Å². The van der Waals surface area contributed by atoms with Crippen molar-refractivity contribution in [2.24, 2.45) is 5.11 Å². The lowest BCUT2D eigenvalue weighted by molar-refractivity contribution is 0.510. The van der Waals surface area contributed by atoms with E-state index in [1.807, 2.05) is 0 Å². The largest absolute Gasteiger partial charge is 0.207 e. The minimum Gasteiger partial charge on any atom is -0.207 e. The Kier molecular flexibility index (Phi) is 2.99. The van der Waals surface area contributed by atoms with Crippen molar-refractivity contribution in [1.29, 1.82) is 0 Å². The van der Waals surface area contributed by atoms with E-state index in [1.54, 1.807) is 0 Å². The molecule has 0 N–H and O–H groups in total. The Balaban J connectivity index is 3.26. The SMILES string of the molecule is C[C@H](N=[N+]=[N-])c1c(F)cc(F)cc1F. The van der Waals surface area contributed by atoms with Gasteiger partial charge in [0.25, 0.3) is 0 Å². The molecule has 0 aliphatic rings. The van der Waals surface area contributed by atoms with E-state index in [4.69, 9.17) is 5.53 Å². The highest BCUT2D eigenvalue weighted by Crippen LogP contribution is 2.24. The van der Waals surface area contributed by atoms with Crippen LogP contribution in [0.25, 0.3) is 10.4 Å². The van der Waals surface area contributed by atoms with Gasteiger partial charge in [0, 0.05) is 22.6 Å². The van der Waals surface area contributed by atoms with Crippen molar-refractivity contribution in [2.75, 3.05) is 0 Å². The van der Waals surface area contributed by atoms with Gasteiger partial charge in [-0.2, -0.15) is 0 Å². The molecule has 0 heterocycles. The van der Waals surface area contributed by atoms with Gasteiger partial charge in [-0.3, -0.25) is 0 Å². The molecule has 14 heavy (non-hydrogen) atoms. The summed E-state index contributed by atoms with van der Waals surface area (Å²) in [6.45, 7) is 1.32. The fraction of sp³-hybridized carbons (Fsp3) is 0.250. The van der Waals surface area contributed by atoms with E-state index < -0.39 is 29.1 Å². The Morgan fingerprint density at radius 2 is 1.79 bits per heavy atom. The van der Waals surface area contributed by atoms with E-state index in [1.165, 1.54) is 6.92 Å². The third kappa shape index (κ3) is 1.97. The number of halogens is 3. The van der Waals surface area contributed by atoms with E-state index in [0.717, 1.165) is 0 Å². The summed E-state index contributed by atoms with van der Waals surface area (Å²) in [5.41, 5.74) is 7.65. The maximum Gasteiger partial charge on any atom is 0.132 e. The standard InChI is InChI=1S/C8H6F3N3/c1-4(13-14-12)8-6(10)2-5(9)3-7(8)11/h2-4H,1H3/t4-/m0/s1. The van der Waals surface area contributed by atoms with E-state index in [-0.39, 0.29) is 0 Å². The maximum atomic E-state index is 13.0. The van der Waals surface area contributed by atoms with Crippen LogP contribution in [-0.4, -0.2) is 0 Å². The predicted molar refractivity (Wildman–Crippen MR) is 43.9 cm³/mol. The normalized spacial score (nSPS) is 12.0. The first-order valence-corrected chi connectivity index (χ1v) is 3.75. The first kappa shape index (κ1) is 10.4. The maximum absolute atomic E-state index is 13.0. The lowest BCUT2D eigenvalue weighted by Gasteiger charge is -2.07. The molecule has 0 amide bonds. The van der Waals surface area contributed by atoms with E-state index in [2.05, 4.69) is 10.0 Å². The quantitative estimate of drug-likeness (QED) is 0.399. The molecule has 3 nitrogen and oxygen atoms in total. The average molecular weight is 201 g/mol. The number of benzene rings is 1. The van der Waals surface area contributed by atoms with E-state index in [0.29, 0.717) is 12.1 Å². The molecule has 0 aliphatic carbocycles. The number of azide groups is 1. The molecule has 0 aromatic heterocycles. The summed E-state index contributed by atoms with van der Waals surface area (Å²) in [7, 11) is 0. The zero-order chi connectivity index (χ0) is 10.7. The summed E-state index contributed by atoms with van der Waals surface area (Å²) in [4.78, 5) is 2.41. The highest BCUT2D eigenvalue weighted by Gasteiger charge is 2.16. The van der Waals surface area contributed by atoms with Crippen LogP contribution < -0.4 is 0 Å². The van der Waals surface area contributed by atoms with E-state index >= 15 is 0 Å². The molecule has 1 aromatic carbocycles. The summed E-state index contributed by atoms with van der Waals surface area (Å²) in [6, 6.07) is 0.0875. The zero-order valence-electron chi connectivity index (χ0n) is 7.21. The molecule has 1 rings (SSSR count). The number of rotatable bonds is 2. The smallest absolute Gasteiger partial charge is 0.132 e. The fourth-order valence-electron chi connectivity index (χ4n) is 1.09. The highest BCUT2D eigenvalue weighted by molar-refractivity contribution is 5.23. The van der Waals surface area contributed by atoms with Gasteiger partial charge in [0.2, 0.25) is 0 Å². The Bertz CT molecular complexity index is 376. The summed E-state index contributed by atoms with van der Waals surface area (Å²) >= 11 is 0. The molecule has 0 aliphatic heterocycles. The van der Waals surface area contributed by atoms with Crippen molar-refractivity contribution in [3.8, 4) is 0 Å². The molecule has 0 fully saturated rings. The summed E-state index contributed by atoms with van der Waals surface area (Å²) in [5, 5.41) is 3.12. The topological polar surface area (TPSA) is 48.8 Å². The zero-order valence-corrected chi connectivity index (χ0v) is 7.21. The second kappa shape index (κ2) is 4.02. The molecule has 0 bridgehead atoms. The van der Waals surface area contributed by atoms with Gasteiger partial charge in [0.15, 0.2) is 0 Å². The third-order valence-electron chi connectivity index (χ3n) is 1.69.